The Balaban J connectivity index is 1.21. The molecule has 5 aromatic rings. The molecule has 3 aromatic heterocycles. The predicted octanol–water partition coefficient (Wildman–Crippen LogP) is 6.27. The van der Waals surface area contributed by atoms with Gasteiger partial charge in [-0.25, -0.2) is 0 Å². The molecular weight excluding hydrogens is 508 g/mol. The first-order valence-electron chi connectivity index (χ1n) is 14.7. The maximum absolute atomic E-state index is 5.98. The van der Waals surface area contributed by atoms with Gasteiger partial charge in [0.2, 0.25) is 0 Å². The van der Waals surface area contributed by atoms with Crippen LogP contribution >= 0.6 is 0 Å². The summed E-state index contributed by atoms with van der Waals surface area (Å²) < 4.78 is 7.91. The molecule has 0 amide bonds. The maximum Gasteiger partial charge on any atom is 0.177 e. The minimum absolute atomic E-state index is 0.161. The third kappa shape index (κ3) is 5.72. The predicted molar refractivity (Wildman–Crippen MR) is 162 cm³/mol. The molecule has 1 atom stereocenters. The van der Waals surface area contributed by atoms with Crippen LogP contribution in [0.2, 0.25) is 0 Å². The Morgan fingerprint density at radius 2 is 1.63 bits per heavy atom. The van der Waals surface area contributed by atoms with Gasteiger partial charge in [-0.1, -0.05) is 63.2 Å². The van der Waals surface area contributed by atoms with Crippen molar-refractivity contribution in [3.8, 4) is 17.0 Å². The summed E-state index contributed by atoms with van der Waals surface area (Å²) in [6.45, 7) is 9.50. The van der Waals surface area contributed by atoms with Gasteiger partial charge in [-0.2, -0.15) is 9.61 Å². The van der Waals surface area contributed by atoms with Crippen LogP contribution in [0.5, 0.6) is 5.75 Å². The second kappa shape index (κ2) is 11.8. The number of hydrogen-bond donors (Lipinski definition) is 1. The molecule has 1 aliphatic rings. The molecule has 41 heavy (non-hydrogen) atoms. The Hall–Kier alpha value is -4.10. The van der Waals surface area contributed by atoms with Crippen LogP contribution in [0.15, 0.2) is 85.1 Å². The second-order valence-electron chi connectivity index (χ2n) is 11.6. The largest absolute Gasteiger partial charge is 0.487 e. The van der Waals surface area contributed by atoms with Crippen molar-refractivity contribution < 1.29 is 4.74 Å². The lowest BCUT2D eigenvalue weighted by molar-refractivity contribution is 0.301. The van der Waals surface area contributed by atoms with Crippen LogP contribution in [-0.4, -0.2) is 37.9 Å². The zero-order valence-corrected chi connectivity index (χ0v) is 24.1. The zero-order valence-electron chi connectivity index (χ0n) is 24.1. The van der Waals surface area contributed by atoms with Crippen LogP contribution in [0.3, 0.4) is 0 Å². The molecule has 1 unspecified atom stereocenters. The maximum atomic E-state index is 5.98. The van der Waals surface area contributed by atoms with Crippen LogP contribution in [0.1, 0.15) is 56.3 Å². The van der Waals surface area contributed by atoms with Crippen molar-refractivity contribution in [3.63, 3.8) is 0 Å². The van der Waals surface area contributed by atoms with Crippen molar-refractivity contribution in [2.75, 3.05) is 13.1 Å². The zero-order chi connectivity index (χ0) is 28.2. The summed E-state index contributed by atoms with van der Waals surface area (Å²) in [5.41, 5.74) is 6.10. The molecule has 0 radical (unpaired) electrons. The van der Waals surface area contributed by atoms with E-state index in [1.54, 1.807) is 6.20 Å². The fraction of sp³-hybridized carbons (Fsp3) is 0.353. The summed E-state index contributed by atoms with van der Waals surface area (Å²) in [5, 5.41) is 17.3. The molecule has 7 nitrogen and oxygen atoms in total. The molecule has 0 aliphatic carbocycles. The number of benzene rings is 2. The Bertz CT molecular complexity index is 1570. The highest BCUT2D eigenvalue weighted by Gasteiger charge is 2.32. The lowest BCUT2D eigenvalue weighted by atomic mass is 9.68. The SMILES string of the molecule is CC(C)C(C)(c1ccc(OCc2ccccn2)cc1)c1ccc(-c2ccc3nnc(CC4CCNCC4)n3n2)cc1. The standard InChI is InChI=1S/C34H38N6O/c1-24(2)34(3,28-11-13-30(14-12-28)41-23-29-6-4-5-19-36-29)27-9-7-26(8-10-27)31-15-16-32-37-38-33(40(32)39-31)22-25-17-20-35-21-18-25/h4-16,19,24-25,35H,17-18,20-23H2,1-3H3. The molecule has 4 heterocycles. The Morgan fingerprint density at radius 1 is 0.902 bits per heavy atom. The average molecular weight is 547 g/mol. The van der Waals surface area contributed by atoms with E-state index < -0.39 is 0 Å². The van der Waals surface area contributed by atoms with Crippen LogP contribution in [0.25, 0.3) is 16.9 Å². The molecule has 1 saturated heterocycles. The van der Waals surface area contributed by atoms with Gasteiger partial charge in [0.25, 0.3) is 0 Å². The van der Waals surface area contributed by atoms with E-state index in [0.717, 1.165) is 53.7 Å². The summed E-state index contributed by atoms with van der Waals surface area (Å²) in [6, 6.07) is 27.3. The normalized spacial score (nSPS) is 15.7. The molecule has 210 valence electrons. The number of pyridine rings is 1. The number of rotatable bonds is 9. The third-order valence-corrected chi connectivity index (χ3v) is 8.76. The van der Waals surface area contributed by atoms with Gasteiger partial charge in [-0.05, 0) is 85.3 Å². The van der Waals surface area contributed by atoms with E-state index in [9.17, 15) is 0 Å². The van der Waals surface area contributed by atoms with Gasteiger partial charge < -0.3 is 10.1 Å². The van der Waals surface area contributed by atoms with E-state index in [2.05, 4.69) is 89.8 Å². The Kier molecular flexibility index (Phi) is 7.79. The van der Waals surface area contributed by atoms with E-state index in [1.165, 1.54) is 24.0 Å². The van der Waals surface area contributed by atoms with Gasteiger partial charge in [-0.3, -0.25) is 4.98 Å². The van der Waals surface area contributed by atoms with Gasteiger partial charge >= 0.3 is 0 Å². The van der Waals surface area contributed by atoms with Crippen molar-refractivity contribution >= 4 is 5.65 Å². The molecule has 0 bridgehead atoms. The smallest absolute Gasteiger partial charge is 0.177 e. The van der Waals surface area contributed by atoms with Gasteiger partial charge in [0.15, 0.2) is 11.5 Å². The summed E-state index contributed by atoms with van der Waals surface area (Å²) in [4.78, 5) is 4.34. The fourth-order valence-corrected chi connectivity index (χ4v) is 5.82. The first-order valence-corrected chi connectivity index (χ1v) is 14.7. The Morgan fingerprint density at radius 3 is 2.32 bits per heavy atom. The number of nitrogens with one attached hydrogen (secondary N) is 1. The van der Waals surface area contributed by atoms with Crippen LogP contribution in [0, 0.1) is 11.8 Å². The van der Waals surface area contributed by atoms with Gasteiger partial charge in [0, 0.05) is 23.6 Å². The highest BCUT2D eigenvalue weighted by atomic mass is 16.5. The molecule has 1 N–H and O–H groups in total. The quantitative estimate of drug-likeness (QED) is 0.235. The molecular formula is C34H38N6O. The summed E-state index contributed by atoms with van der Waals surface area (Å²) in [6.07, 6.45) is 5.05. The van der Waals surface area contributed by atoms with Crippen LogP contribution < -0.4 is 10.1 Å². The molecule has 2 aromatic carbocycles. The van der Waals surface area contributed by atoms with Gasteiger partial charge in [0.1, 0.15) is 12.4 Å². The molecule has 1 fully saturated rings. The lowest BCUT2D eigenvalue weighted by Gasteiger charge is -2.35. The van der Waals surface area contributed by atoms with Gasteiger partial charge in [-0.15, -0.1) is 10.2 Å². The molecule has 6 rings (SSSR count). The molecule has 7 heteroatoms. The first kappa shape index (κ1) is 27.1. The van der Waals surface area contributed by atoms with Crippen LogP contribution in [0.4, 0.5) is 0 Å². The van der Waals surface area contributed by atoms with Crippen molar-refractivity contribution in [3.05, 3.63) is 108 Å². The van der Waals surface area contributed by atoms with Crippen LogP contribution in [-0.2, 0) is 18.4 Å². The second-order valence-corrected chi connectivity index (χ2v) is 11.6. The minimum atomic E-state index is -0.161. The number of ether oxygens (including phenoxy) is 1. The number of piperidine rings is 1. The minimum Gasteiger partial charge on any atom is -0.487 e. The van der Waals surface area contributed by atoms with E-state index in [4.69, 9.17) is 9.84 Å². The lowest BCUT2D eigenvalue weighted by Crippen LogP contribution is -2.30. The van der Waals surface area contributed by atoms with Crippen molar-refractivity contribution in [2.24, 2.45) is 11.8 Å². The molecule has 0 saturated carbocycles. The summed E-state index contributed by atoms with van der Waals surface area (Å²) in [5.74, 6) is 2.81. The number of hydrogen-bond acceptors (Lipinski definition) is 6. The highest BCUT2D eigenvalue weighted by Crippen LogP contribution is 2.40. The van der Waals surface area contributed by atoms with E-state index in [0.29, 0.717) is 18.4 Å². The number of fused-ring (bicyclic) bond motifs is 1. The number of nitrogens with zero attached hydrogens (tertiary/aromatic N) is 5. The average Bonchev–Trinajstić information content (AvgIpc) is 3.42. The highest BCUT2D eigenvalue weighted by molar-refractivity contribution is 5.61. The molecule has 1 aliphatic heterocycles. The summed E-state index contributed by atoms with van der Waals surface area (Å²) in [7, 11) is 0. The van der Waals surface area contributed by atoms with Crippen molar-refractivity contribution in [2.45, 2.75) is 52.1 Å². The monoisotopic (exact) mass is 546 g/mol. The van der Waals surface area contributed by atoms with Crippen molar-refractivity contribution in [1.29, 1.82) is 0 Å². The third-order valence-electron chi connectivity index (χ3n) is 8.76. The number of aromatic nitrogens is 5. The van der Waals surface area contributed by atoms with Crippen molar-refractivity contribution in [1.82, 2.24) is 30.1 Å². The van der Waals surface area contributed by atoms with E-state index in [1.807, 2.05) is 34.8 Å². The first-order chi connectivity index (χ1) is 20.0. The fourth-order valence-electron chi connectivity index (χ4n) is 5.82. The summed E-state index contributed by atoms with van der Waals surface area (Å²) >= 11 is 0. The van der Waals surface area contributed by atoms with E-state index >= 15 is 0 Å². The van der Waals surface area contributed by atoms with E-state index in [-0.39, 0.29) is 5.41 Å². The van der Waals surface area contributed by atoms with Gasteiger partial charge in [0.05, 0.1) is 11.4 Å². The topological polar surface area (TPSA) is 77.2 Å². The Labute approximate surface area is 242 Å². The molecule has 0 spiro atoms.